The van der Waals surface area contributed by atoms with Crippen LogP contribution in [0.3, 0.4) is 0 Å². The largest absolute Gasteiger partial charge is 0.491 e. The fourth-order valence-corrected chi connectivity index (χ4v) is 6.44. The van der Waals surface area contributed by atoms with E-state index in [4.69, 9.17) is 9.05 Å². The Balaban J connectivity index is 1.43. The zero-order valence-electron chi connectivity index (χ0n) is 21.5. The lowest BCUT2D eigenvalue weighted by molar-refractivity contribution is 0.359. The van der Waals surface area contributed by atoms with Gasteiger partial charge in [-0.15, -0.1) is 11.8 Å². The van der Waals surface area contributed by atoms with Crippen molar-refractivity contribution in [1.82, 2.24) is 10.3 Å². The second-order valence-electron chi connectivity index (χ2n) is 9.79. The number of hydrogen-bond donors (Lipinski definition) is 2. The summed E-state index contributed by atoms with van der Waals surface area (Å²) in [4.78, 5) is 0. The highest BCUT2D eigenvalue weighted by Gasteiger charge is 2.28. The minimum Gasteiger partial charge on any atom is -0.491 e. The molecule has 2 aromatic heterocycles. The summed E-state index contributed by atoms with van der Waals surface area (Å²) < 4.78 is 10.2. The molecule has 2 N–H and O–H groups in total. The van der Waals surface area contributed by atoms with Gasteiger partial charge in [-0.2, -0.15) is 0 Å². The van der Waals surface area contributed by atoms with Gasteiger partial charge in [0.1, 0.15) is 12.5 Å². The molecule has 0 fully saturated rings. The van der Waals surface area contributed by atoms with Gasteiger partial charge in [-0.25, -0.2) is 0 Å². The maximum absolute atomic E-state index is 10.4. The number of nitrogens with zero attached hydrogens (tertiary/aromatic N) is 2. The van der Waals surface area contributed by atoms with Crippen LogP contribution in [0.5, 0.6) is 11.8 Å². The van der Waals surface area contributed by atoms with Crippen molar-refractivity contribution in [3.8, 4) is 11.8 Å². The van der Waals surface area contributed by atoms with Crippen molar-refractivity contribution < 1.29 is 19.3 Å². The Morgan fingerprint density at radius 2 is 1.05 bits per heavy atom. The molecule has 196 valence electrons. The third-order valence-electron chi connectivity index (χ3n) is 7.12. The smallest absolute Gasteiger partial charge is 0.255 e. The van der Waals surface area contributed by atoms with E-state index in [-0.39, 0.29) is 22.3 Å². The van der Waals surface area contributed by atoms with Crippen LogP contribution in [0.2, 0.25) is 0 Å². The molecule has 4 unspecified atom stereocenters. The average molecular weight is 521 g/mol. The molecule has 0 aliphatic carbocycles. The summed E-state index contributed by atoms with van der Waals surface area (Å²) in [7, 11) is 0. The van der Waals surface area contributed by atoms with E-state index < -0.39 is 0 Å². The minimum atomic E-state index is -0.0698. The molecule has 0 spiro atoms. The summed E-state index contributed by atoms with van der Waals surface area (Å²) in [5, 5.41) is 28.1. The second kappa shape index (κ2) is 13.4. The summed E-state index contributed by atoms with van der Waals surface area (Å²) in [6.07, 6.45) is 8.79. The van der Waals surface area contributed by atoms with Gasteiger partial charge in [-0.3, -0.25) is 0 Å². The molecule has 4 atom stereocenters. The van der Waals surface area contributed by atoms with Gasteiger partial charge >= 0.3 is 0 Å². The first kappa shape index (κ1) is 26.9. The van der Waals surface area contributed by atoms with Crippen LogP contribution in [0.25, 0.3) is 0 Å². The number of aromatic nitrogens is 2. The van der Waals surface area contributed by atoms with Crippen molar-refractivity contribution in [3.63, 3.8) is 0 Å². The van der Waals surface area contributed by atoms with E-state index in [0.29, 0.717) is 23.0 Å². The van der Waals surface area contributed by atoms with Crippen LogP contribution >= 0.6 is 11.8 Å². The lowest BCUT2D eigenvalue weighted by Gasteiger charge is -2.23. The summed E-state index contributed by atoms with van der Waals surface area (Å²) in [6.45, 7) is 4.50. The van der Waals surface area contributed by atoms with Crippen LogP contribution in [-0.2, 0) is 0 Å². The van der Waals surface area contributed by atoms with E-state index in [9.17, 15) is 10.2 Å². The summed E-state index contributed by atoms with van der Waals surface area (Å²) >= 11 is 1.71. The predicted octanol–water partition coefficient (Wildman–Crippen LogP) is 8.54. The SMILES string of the molecule is CC(CCCC(SC(CCCC(C)c1ccccc1)c1conc1O)c1conc1O)c1ccccc1. The number of benzene rings is 2. The fourth-order valence-electron chi connectivity index (χ4n) is 4.82. The average Bonchev–Trinajstić information content (AvgIpc) is 3.55. The summed E-state index contributed by atoms with van der Waals surface area (Å²) in [5.41, 5.74) is 4.05. The quantitative estimate of drug-likeness (QED) is 0.172. The number of hydrogen-bond acceptors (Lipinski definition) is 7. The van der Waals surface area contributed by atoms with Crippen molar-refractivity contribution in [3.05, 3.63) is 95.4 Å². The molecule has 2 aromatic carbocycles. The maximum atomic E-state index is 10.4. The van der Waals surface area contributed by atoms with Gasteiger partial charge in [0.2, 0.25) is 0 Å². The fraction of sp³-hybridized carbons (Fsp3) is 0.400. The van der Waals surface area contributed by atoms with Crippen LogP contribution in [0.1, 0.15) is 97.0 Å². The van der Waals surface area contributed by atoms with Crippen LogP contribution in [0.15, 0.2) is 82.2 Å². The Hall–Kier alpha value is -3.19. The number of rotatable bonds is 14. The van der Waals surface area contributed by atoms with Gasteiger partial charge < -0.3 is 19.3 Å². The third-order valence-corrected chi connectivity index (χ3v) is 8.76. The zero-order chi connectivity index (χ0) is 26.0. The Kier molecular flexibility index (Phi) is 9.71. The van der Waals surface area contributed by atoms with Gasteiger partial charge in [0.15, 0.2) is 0 Å². The molecule has 2 heterocycles. The van der Waals surface area contributed by atoms with E-state index in [0.717, 1.165) is 38.5 Å². The van der Waals surface area contributed by atoms with E-state index >= 15 is 0 Å². The van der Waals surface area contributed by atoms with E-state index in [1.165, 1.54) is 23.7 Å². The highest BCUT2D eigenvalue weighted by atomic mass is 32.2. The molecular weight excluding hydrogens is 484 g/mol. The Morgan fingerprint density at radius 3 is 1.41 bits per heavy atom. The van der Waals surface area contributed by atoms with Crippen molar-refractivity contribution in [2.24, 2.45) is 0 Å². The molecular formula is C30H36N2O4S. The van der Waals surface area contributed by atoms with Crippen molar-refractivity contribution in [2.45, 2.75) is 74.7 Å². The Bertz CT molecular complexity index is 1100. The van der Waals surface area contributed by atoms with Crippen LogP contribution < -0.4 is 0 Å². The molecule has 4 rings (SSSR count). The van der Waals surface area contributed by atoms with Crippen LogP contribution in [0.4, 0.5) is 0 Å². The highest BCUT2D eigenvalue weighted by molar-refractivity contribution is 7.99. The molecule has 6 nitrogen and oxygen atoms in total. The van der Waals surface area contributed by atoms with Crippen LogP contribution in [0, 0.1) is 0 Å². The van der Waals surface area contributed by atoms with Gasteiger partial charge in [-0.1, -0.05) is 87.4 Å². The second-order valence-corrected chi connectivity index (χ2v) is 11.2. The van der Waals surface area contributed by atoms with Gasteiger partial charge in [0, 0.05) is 10.5 Å². The predicted molar refractivity (Wildman–Crippen MR) is 147 cm³/mol. The van der Waals surface area contributed by atoms with Gasteiger partial charge in [0.25, 0.3) is 11.8 Å². The van der Waals surface area contributed by atoms with E-state index in [1.54, 1.807) is 11.8 Å². The molecule has 0 aliphatic rings. The van der Waals surface area contributed by atoms with Gasteiger partial charge in [-0.05, 0) is 59.0 Å². The zero-order valence-corrected chi connectivity index (χ0v) is 22.3. The molecule has 7 heteroatoms. The van der Waals surface area contributed by atoms with Gasteiger partial charge in [0.05, 0.1) is 11.1 Å². The Labute approximate surface area is 223 Å². The standard InChI is InChI=1S/C30H36N2O4S/c1-21(23-13-5-3-6-14-23)11-9-17-27(25-19-35-31-29(25)33)37-28(26-20-36-32-30(26)34)18-10-12-22(2)24-15-7-4-8-16-24/h3-8,13-16,19-22,27-28H,9-12,17-18H2,1-2H3,(H,31,33)(H,32,34). The molecule has 0 amide bonds. The first-order valence-electron chi connectivity index (χ1n) is 13.0. The van der Waals surface area contributed by atoms with Crippen molar-refractivity contribution in [2.75, 3.05) is 0 Å². The third kappa shape index (κ3) is 7.41. The normalized spacial score (nSPS) is 14.8. The minimum absolute atomic E-state index is 0.0416. The van der Waals surface area contributed by atoms with Crippen LogP contribution in [-0.4, -0.2) is 20.5 Å². The highest BCUT2D eigenvalue weighted by Crippen LogP contribution is 2.49. The van der Waals surface area contributed by atoms with Crippen molar-refractivity contribution >= 4 is 11.8 Å². The summed E-state index contributed by atoms with van der Waals surface area (Å²) in [5.74, 6) is 0.750. The lowest BCUT2D eigenvalue weighted by atomic mass is 9.94. The molecule has 0 radical (unpaired) electrons. The monoisotopic (exact) mass is 520 g/mol. The maximum Gasteiger partial charge on any atom is 0.255 e. The molecule has 0 aliphatic heterocycles. The topological polar surface area (TPSA) is 92.5 Å². The molecule has 4 aromatic rings. The summed E-state index contributed by atoms with van der Waals surface area (Å²) in [6, 6.07) is 21.1. The van der Waals surface area contributed by atoms with Crippen molar-refractivity contribution in [1.29, 1.82) is 0 Å². The first-order chi connectivity index (χ1) is 18.0. The van der Waals surface area contributed by atoms with E-state index in [1.807, 2.05) is 12.1 Å². The van der Waals surface area contributed by atoms with E-state index in [2.05, 4.69) is 72.7 Å². The lowest BCUT2D eigenvalue weighted by Crippen LogP contribution is -2.03. The Morgan fingerprint density at radius 1 is 0.649 bits per heavy atom. The number of thioether (sulfide) groups is 1. The molecule has 0 saturated carbocycles. The molecule has 0 saturated heterocycles. The number of aromatic hydroxyl groups is 2. The molecule has 37 heavy (non-hydrogen) atoms. The first-order valence-corrected chi connectivity index (χ1v) is 14.0. The molecule has 0 bridgehead atoms.